The normalized spacial score (nSPS) is 22.9. The van der Waals surface area contributed by atoms with Gasteiger partial charge in [-0.1, -0.05) is 138 Å². The van der Waals surface area contributed by atoms with Gasteiger partial charge >= 0.3 is 11.9 Å². The maximum absolute atomic E-state index is 12.4. The topological polar surface area (TPSA) is 71.1 Å². The van der Waals surface area contributed by atoms with E-state index in [0.29, 0.717) is 31.8 Å². The Kier molecular flexibility index (Phi) is 10.1. The molecule has 2 fully saturated rings. The lowest BCUT2D eigenvalue weighted by Crippen LogP contribution is -2.44. The van der Waals surface area contributed by atoms with Crippen LogP contribution in [0.2, 0.25) is 0 Å². The Balaban J connectivity index is 1.15. The second kappa shape index (κ2) is 15.4. The largest absolute Gasteiger partial charge is 0.479 e. The highest BCUT2D eigenvalue weighted by Gasteiger charge is 2.32. The molecule has 0 bridgehead atoms. The highest BCUT2D eigenvalue weighted by Crippen LogP contribution is 2.40. The van der Waals surface area contributed by atoms with Crippen LogP contribution in [0.15, 0.2) is 133 Å². The van der Waals surface area contributed by atoms with Gasteiger partial charge in [-0.3, -0.25) is 0 Å². The van der Waals surface area contributed by atoms with E-state index in [1.807, 2.05) is 6.07 Å². The summed E-state index contributed by atoms with van der Waals surface area (Å²) in [5, 5.41) is 4.37. The molecule has 268 valence electrons. The molecule has 4 aromatic rings. The van der Waals surface area contributed by atoms with E-state index in [0.717, 1.165) is 51.8 Å². The number of hydrogen-bond donors (Lipinski definition) is 0. The van der Waals surface area contributed by atoms with Gasteiger partial charge in [0.1, 0.15) is 14.5 Å². The second-order valence-electron chi connectivity index (χ2n) is 14.3. The van der Waals surface area contributed by atoms with Crippen molar-refractivity contribution in [2.45, 2.75) is 57.8 Å². The van der Waals surface area contributed by atoms with Crippen molar-refractivity contribution in [2.75, 3.05) is 13.2 Å². The number of esters is 2. The Morgan fingerprint density at radius 2 is 1.49 bits per heavy atom. The molecule has 5 atom stereocenters. The number of carbonyl (C=O) groups is 2. The minimum absolute atomic E-state index is 0.0860. The van der Waals surface area contributed by atoms with E-state index in [1.165, 1.54) is 10.4 Å². The first-order valence-corrected chi connectivity index (χ1v) is 20.5. The molecule has 0 aromatic heterocycles. The molecule has 4 aromatic carbocycles. The zero-order valence-electron chi connectivity index (χ0n) is 30.2. The van der Waals surface area contributed by atoms with Crippen molar-refractivity contribution in [3.05, 3.63) is 144 Å². The molecule has 4 aliphatic rings. The van der Waals surface area contributed by atoms with Gasteiger partial charge in [-0.05, 0) is 70.9 Å². The number of carbonyl (C=O) groups excluding carboxylic acids is 2. The number of hydrogen-bond acceptors (Lipinski definition) is 6. The molecular formula is C46H44O6Si. The fourth-order valence-corrected chi connectivity index (χ4v) is 11.2. The van der Waals surface area contributed by atoms with Crippen molar-refractivity contribution in [1.29, 1.82) is 0 Å². The summed E-state index contributed by atoms with van der Waals surface area (Å²) in [7, 11) is -1.62. The molecule has 0 N–H and O–H groups in total. The smallest absolute Gasteiger partial charge is 0.347 e. The van der Waals surface area contributed by atoms with Gasteiger partial charge in [0.05, 0.1) is 19.3 Å². The Hall–Kier alpha value is -5.24. The second-order valence-corrected chi connectivity index (χ2v) is 17.2. The summed E-state index contributed by atoms with van der Waals surface area (Å²) < 4.78 is 22.7. The molecule has 2 heterocycles. The number of rotatable bonds is 10. The van der Waals surface area contributed by atoms with Crippen LogP contribution in [0.5, 0.6) is 5.75 Å². The zero-order valence-corrected chi connectivity index (χ0v) is 31.4. The summed E-state index contributed by atoms with van der Waals surface area (Å²) in [6.07, 6.45) is 15.2. The molecular weight excluding hydrogens is 677 g/mol. The summed E-state index contributed by atoms with van der Waals surface area (Å²) in [5.74, 6) is 0.144. The van der Waals surface area contributed by atoms with Gasteiger partial charge in [-0.25, -0.2) is 9.59 Å². The Morgan fingerprint density at radius 1 is 0.755 bits per heavy atom. The fourth-order valence-electron chi connectivity index (χ4n) is 7.99. The Bertz CT molecular complexity index is 2130. The summed E-state index contributed by atoms with van der Waals surface area (Å²) in [6.45, 7) is 5.10. The zero-order chi connectivity index (χ0) is 36.3. The molecule has 2 saturated heterocycles. The van der Waals surface area contributed by atoms with E-state index in [4.69, 9.17) is 18.9 Å². The van der Waals surface area contributed by atoms with E-state index < -0.39 is 21.0 Å². The maximum atomic E-state index is 12.4. The quantitative estimate of drug-likeness (QED) is 0.125. The van der Waals surface area contributed by atoms with Gasteiger partial charge < -0.3 is 18.9 Å². The summed E-state index contributed by atoms with van der Waals surface area (Å²) in [5.41, 5.74) is 7.77. The number of benzene rings is 4. The molecule has 5 unspecified atom stereocenters. The lowest BCUT2D eigenvalue weighted by molar-refractivity contribution is -0.149. The number of cyclic esters (lactones) is 2. The molecule has 53 heavy (non-hydrogen) atoms. The van der Waals surface area contributed by atoms with Crippen LogP contribution in [0, 0.1) is 12.8 Å². The fraction of sp³-hybridized carbons (Fsp3) is 0.261. The van der Waals surface area contributed by atoms with Crippen molar-refractivity contribution in [3.63, 3.8) is 0 Å². The first-order valence-electron chi connectivity index (χ1n) is 18.7. The number of ether oxygens (including phenoxy) is 4. The average Bonchev–Trinajstić information content (AvgIpc) is 3.80. The average molecular weight is 721 g/mol. The first-order chi connectivity index (χ1) is 25.9. The maximum Gasteiger partial charge on any atom is 0.347 e. The Morgan fingerprint density at radius 3 is 2.19 bits per heavy atom. The van der Waals surface area contributed by atoms with Gasteiger partial charge in [-0.15, -0.1) is 0 Å². The third-order valence-electron chi connectivity index (χ3n) is 10.8. The molecule has 2 aliphatic heterocycles. The van der Waals surface area contributed by atoms with Crippen LogP contribution in [0.1, 0.15) is 43.7 Å². The van der Waals surface area contributed by atoms with Crippen LogP contribution in [0.3, 0.4) is 0 Å². The lowest BCUT2D eigenvalue weighted by Gasteiger charge is -2.26. The van der Waals surface area contributed by atoms with Crippen molar-refractivity contribution in [3.8, 4) is 28.0 Å². The van der Waals surface area contributed by atoms with E-state index in [1.54, 1.807) is 5.20 Å². The van der Waals surface area contributed by atoms with Gasteiger partial charge in [0.2, 0.25) is 0 Å². The summed E-state index contributed by atoms with van der Waals surface area (Å²) in [4.78, 5) is 24.4. The van der Waals surface area contributed by atoms with Crippen LogP contribution in [0.4, 0.5) is 0 Å². The van der Waals surface area contributed by atoms with Crippen molar-refractivity contribution in [1.82, 2.24) is 0 Å². The minimum Gasteiger partial charge on any atom is -0.479 e. The molecule has 7 heteroatoms. The minimum atomic E-state index is -1.62. The highest BCUT2D eigenvalue weighted by atomic mass is 28.3. The van der Waals surface area contributed by atoms with E-state index in [2.05, 4.69) is 135 Å². The molecule has 0 radical (unpaired) electrons. The molecule has 0 saturated carbocycles. The molecule has 0 spiro atoms. The van der Waals surface area contributed by atoms with Crippen molar-refractivity contribution in [2.24, 2.45) is 5.92 Å². The van der Waals surface area contributed by atoms with Crippen LogP contribution < -0.4 is 15.1 Å². The number of allylic oxidation sites excluding steroid dienone is 6. The molecule has 2 aliphatic carbocycles. The van der Waals surface area contributed by atoms with Crippen LogP contribution in [-0.2, 0) is 23.8 Å². The third-order valence-corrected chi connectivity index (χ3v) is 14.2. The van der Waals surface area contributed by atoms with E-state index in [9.17, 15) is 9.59 Å². The summed E-state index contributed by atoms with van der Waals surface area (Å²) in [6, 6.07) is 32.7. The van der Waals surface area contributed by atoms with E-state index in [-0.39, 0.29) is 24.0 Å². The summed E-state index contributed by atoms with van der Waals surface area (Å²) >= 11 is 0. The van der Waals surface area contributed by atoms with Gasteiger partial charge in [0, 0.05) is 18.8 Å². The highest BCUT2D eigenvalue weighted by molar-refractivity contribution is 6.90. The standard InChI is InChI=1S/C46H44O6Si/c1-30-28-33(18-23-42(30)52-44-25-27-50-46(44)48)38-14-9-15-39(31(38)2)40-22-19-34(51-43-24-26-49-45(43)47)29-41(40)32-16-20-37(21-17-32)53(35-10-5-3-6-11-35)36-12-7-4-8-13-36/h3-7,9-12,14-23,28-30,42-44,53H,8,13,24-27H2,1-2H3. The lowest BCUT2D eigenvalue weighted by atomic mass is 9.85. The monoisotopic (exact) mass is 720 g/mol. The third kappa shape index (κ3) is 7.37. The van der Waals surface area contributed by atoms with Gasteiger partial charge in [0.25, 0.3) is 0 Å². The predicted octanol–water partition coefficient (Wildman–Crippen LogP) is 7.47. The predicted molar refractivity (Wildman–Crippen MR) is 212 cm³/mol. The van der Waals surface area contributed by atoms with Gasteiger partial charge in [0.15, 0.2) is 12.2 Å². The molecule has 8 rings (SSSR count). The first kappa shape index (κ1) is 34.8. The van der Waals surface area contributed by atoms with Crippen LogP contribution >= 0.6 is 0 Å². The van der Waals surface area contributed by atoms with Crippen LogP contribution in [-0.4, -0.2) is 52.3 Å². The van der Waals surface area contributed by atoms with Gasteiger partial charge in [-0.2, -0.15) is 0 Å². The molecule has 0 amide bonds. The van der Waals surface area contributed by atoms with E-state index >= 15 is 0 Å². The van der Waals surface area contributed by atoms with Crippen molar-refractivity contribution < 1.29 is 28.5 Å². The van der Waals surface area contributed by atoms with Crippen molar-refractivity contribution >= 4 is 36.7 Å². The van der Waals surface area contributed by atoms with Crippen LogP contribution in [0.25, 0.3) is 27.8 Å². The molecule has 6 nitrogen and oxygen atoms in total. The SMILES string of the molecule is Cc1c(C2=CC(C)C(OC3CCOC3=O)C=C2)cccc1-c1ccc(OC2CCOC2=O)cc1-c1ccc([SiH](C2=CC=CCC2)c2ccccc2)cc1. The Labute approximate surface area is 313 Å².